The van der Waals surface area contributed by atoms with E-state index in [0.717, 1.165) is 19.6 Å². The predicted molar refractivity (Wildman–Crippen MR) is 44.2 cm³/mol. The Morgan fingerprint density at radius 3 is 2.92 bits per heavy atom. The SMILES string of the molecule is CNC(=O)C1CN(CCC#N)C1. The van der Waals surface area contributed by atoms with E-state index in [-0.39, 0.29) is 11.8 Å². The molecule has 1 amide bonds. The van der Waals surface area contributed by atoms with Crippen LogP contribution in [0.3, 0.4) is 0 Å². The minimum Gasteiger partial charge on any atom is -0.359 e. The predicted octanol–water partition coefficient (Wildman–Crippen LogP) is -0.422. The second-order valence-corrected chi connectivity index (χ2v) is 2.98. The summed E-state index contributed by atoms with van der Waals surface area (Å²) in [4.78, 5) is 13.1. The Balaban J connectivity index is 2.12. The molecule has 1 aliphatic rings. The average molecular weight is 167 g/mol. The number of hydrogen-bond donors (Lipinski definition) is 1. The molecular formula is C8H13N3O. The molecule has 1 aliphatic heterocycles. The molecular weight excluding hydrogens is 154 g/mol. The first-order valence-electron chi connectivity index (χ1n) is 4.09. The fourth-order valence-electron chi connectivity index (χ4n) is 1.33. The smallest absolute Gasteiger partial charge is 0.225 e. The lowest BCUT2D eigenvalue weighted by Crippen LogP contribution is -2.53. The van der Waals surface area contributed by atoms with Crippen LogP contribution in [0.5, 0.6) is 0 Å². The number of carbonyl (C=O) groups is 1. The summed E-state index contributed by atoms with van der Waals surface area (Å²) in [6.45, 7) is 2.41. The van der Waals surface area contributed by atoms with E-state index in [2.05, 4.69) is 16.3 Å². The molecule has 12 heavy (non-hydrogen) atoms. The summed E-state index contributed by atoms with van der Waals surface area (Å²) >= 11 is 0. The third kappa shape index (κ3) is 1.95. The minimum atomic E-state index is 0.114. The van der Waals surface area contributed by atoms with Crippen LogP contribution < -0.4 is 5.32 Å². The van der Waals surface area contributed by atoms with Crippen LogP contribution in [0.1, 0.15) is 6.42 Å². The quantitative estimate of drug-likeness (QED) is 0.621. The molecule has 0 bridgehead atoms. The van der Waals surface area contributed by atoms with Gasteiger partial charge in [0.15, 0.2) is 0 Å². The summed E-state index contributed by atoms with van der Waals surface area (Å²) in [6.07, 6.45) is 0.556. The van der Waals surface area contributed by atoms with Crippen molar-refractivity contribution in [2.75, 3.05) is 26.7 Å². The molecule has 0 aromatic carbocycles. The van der Waals surface area contributed by atoms with Crippen molar-refractivity contribution in [3.8, 4) is 6.07 Å². The zero-order chi connectivity index (χ0) is 8.97. The number of amides is 1. The highest BCUT2D eigenvalue weighted by molar-refractivity contribution is 5.79. The summed E-state index contributed by atoms with van der Waals surface area (Å²) in [7, 11) is 1.65. The van der Waals surface area contributed by atoms with E-state index >= 15 is 0 Å². The van der Waals surface area contributed by atoms with E-state index in [4.69, 9.17) is 5.26 Å². The van der Waals surface area contributed by atoms with Gasteiger partial charge in [-0.3, -0.25) is 4.79 Å². The maximum Gasteiger partial charge on any atom is 0.225 e. The molecule has 0 aromatic rings. The van der Waals surface area contributed by atoms with Gasteiger partial charge in [0.25, 0.3) is 0 Å². The second kappa shape index (κ2) is 4.07. The Morgan fingerprint density at radius 1 is 1.75 bits per heavy atom. The molecule has 0 radical (unpaired) electrons. The van der Waals surface area contributed by atoms with E-state index in [1.54, 1.807) is 7.05 Å². The van der Waals surface area contributed by atoms with Crippen molar-refractivity contribution in [3.63, 3.8) is 0 Å². The van der Waals surface area contributed by atoms with Crippen molar-refractivity contribution in [2.45, 2.75) is 6.42 Å². The molecule has 0 aromatic heterocycles. The van der Waals surface area contributed by atoms with Crippen LogP contribution >= 0.6 is 0 Å². The molecule has 4 nitrogen and oxygen atoms in total. The van der Waals surface area contributed by atoms with Crippen LogP contribution in [0.4, 0.5) is 0 Å². The summed E-state index contributed by atoms with van der Waals surface area (Å²) in [5.74, 6) is 0.261. The van der Waals surface area contributed by atoms with Crippen molar-refractivity contribution in [1.29, 1.82) is 5.26 Å². The number of nitriles is 1. The van der Waals surface area contributed by atoms with Gasteiger partial charge in [-0.1, -0.05) is 0 Å². The third-order valence-corrected chi connectivity index (χ3v) is 2.11. The van der Waals surface area contributed by atoms with Crippen molar-refractivity contribution < 1.29 is 4.79 Å². The van der Waals surface area contributed by atoms with Crippen LogP contribution in [0, 0.1) is 17.2 Å². The summed E-state index contributed by atoms with van der Waals surface area (Å²) < 4.78 is 0. The Morgan fingerprint density at radius 2 is 2.42 bits per heavy atom. The number of nitrogens with one attached hydrogen (secondary N) is 1. The van der Waals surface area contributed by atoms with E-state index in [1.165, 1.54) is 0 Å². The average Bonchev–Trinajstić information content (AvgIpc) is 2.01. The molecule has 1 fully saturated rings. The lowest BCUT2D eigenvalue weighted by Gasteiger charge is -2.37. The molecule has 66 valence electrons. The lowest BCUT2D eigenvalue weighted by atomic mass is 9.99. The van der Waals surface area contributed by atoms with Crippen LogP contribution in [-0.4, -0.2) is 37.5 Å². The lowest BCUT2D eigenvalue weighted by molar-refractivity contribution is -0.129. The number of hydrogen-bond acceptors (Lipinski definition) is 3. The van der Waals surface area contributed by atoms with Gasteiger partial charge in [0.1, 0.15) is 0 Å². The monoisotopic (exact) mass is 167 g/mol. The van der Waals surface area contributed by atoms with E-state index in [0.29, 0.717) is 6.42 Å². The Hall–Kier alpha value is -1.08. The van der Waals surface area contributed by atoms with Gasteiger partial charge in [0.2, 0.25) is 5.91 Å². The Kier molecular flexibility index (Phi) is 3.06. The van der Waals surface area contributed by atoms with E-state index in [1.807, 2.05) is 0 Å². The molecule has 4 heteroatoms. The van der Waals surface area contributed by atoms with Crippen molar-refractivity contribution in [2.24, 2.45) is 5.92 Å². The highest BCUT2D eigenvalue weighted by Crippen LogP contribution is 2.14. The Bertz CT molecular complexity index is 203. The number of carbonyl (C=O) groups excluding carboxylic acids is 1. The third-order valence-electron chi connectivity index (χ3n) is 2.11. The molecule has 1 N–H and O–H groups in total. The minimum absolute atomic E-state index is 0.114. The standard InChI is InChI=1S/C8H13N3O/c1-10-8(12)7-5-11(6-7)4-2-3-9/h7H,2,4-6H2,1H3,(H,10,12). The first-order valence-corrected chi connectivity index (χ1v) is 4.09. The topological polar surface area (TPSA) is 56.1 Å². The Labute approximate surface area is 72.2 Å². The van der Waals surface area contributed by atoms with Gasteiger partial charge in [-0.05, 0) is 0 Å². The van der Waals surface area contributed by atoms with Gasteiger partial charge >= 0.3 is 0 Å². The fourth-order valence-corrected chi connectivity index (χ4v) is 1.33. The van der Waals surface area contributed by atoms with Crippen molar-refractivity contribution >= 4 is 5.91 Å². The van der Waals surface area contributed by atoms with Crippen LogP contribution in [0.15, 0.2) is 0 Å². The molecule has 0 saturated carbocycles. The number of rotatable bonds is 3. The maximum absolute atomic E-state index is 11.0. The van der Waals surface area contributed by atoms with Gasteiger partial charge in [0, 0.05) is 33.1 Å². The zero-order valence-corrected chi connectivity index (χ0v) is 7.21. The van der Waals surface area contributed by atoms with Gasteiger partial charge in [-0.15, -0.1) is 0 Å². The normalized spacial score (nSPS) is 18.0. The first-order chi connectivity index (χ1) is 5.77. The molecule has 0 unspecified atom stereocenters. The summed E-state index contributed by atoms with van der Waals surface area (Å²) in [5.41, 5.74) is 0. The molecule has 1 heterocycles. The highest BCUT2D eigenvalue weighted by Gasteiger charge is 2.31. The van der Waals surface area contributed by atoms with Crippen LogP contribution in [0.2, 0.25) is 0 Å². The van der Waals surface area contributed by atoms with Gasteiger partial charge in [-0.2, -0.15) is 5.26 Å². The molecule has 0 aliphatic carbocycles. The highest BCUT2D eigenvalue weighted by atomic mass is 16.1. The maximum atomic E-state index is 11.0. The number of nitrogens with zero attached hydrogens (tertiary/aromatic N) is 2. The first kappa shape index (κ1) is 9.01. The van der Waals surface area contributed by atoms with Crippen LogP contribution in [0.25, 0.3) is 0 Å². The fraction of sp³-hybridized carbons (Fsp3) is 0.750. The van der Waals surface area contributed by atoms with Gasteiger partial charge in [0.05, 0.1) is 12.0 Å². The molecule has 0 spiro atoms. The molecule has 1 rings (SSSR count). The van der Waals surface area contributed by atoms with E-state index < -0.39 is 0 Å². The second-order valence-electron chi connectivity index (χ2n) is 2.98. The summed E-state index contributed by atoms with van der Waals surface area (Å²) in [5, 5.41) is 10.9. The zero-order valence-electron chi connectivity index (χ0n) is 7.21. The van der Waals surface area contributed by atoms with Crippen molar-refractivity contribution in [1.82, 2.24) is 10.2 Å². The largest absolute Gasteiger partial charge is 0.359 e. The van der Waals surface area contributed by atoms with Gasteiger partial charge < -0.3 is 10.2 Å². The van der Waals surface area contributed by atoms with Crippen molar-refractivity contribution in [3.05, 3.63) is 0 Å². The van der Waals surface area contributed by atoms with Crippen LogP contribution in [-0.2, 0) is 4.79 Å². The summed E-state index contributed by atoms with van der Waals surface area (Å²) in [6, 6.07) is 2.08. The molecule has 1 saturated heterocycles. The van der Waals surface area contributed by atoms with E-state index in [9.17, 15) is 4.79 Å². The number of likely N-dealkylation sites (tertiary alicyclic amines) is 1. The molecule has 0 atom stereocenters. The van der Waals surface area contributed by atoms with Gasteiger partial charge in [-0.25, -0.2) is 0 Å².